The summed E-state index contributed by atoms with van der Waals surface area (Å²) < 4.78 is 22.3. The van der Waals surface area contributed by atoms with E-state index in [2.05, 4.69) is 10.3 Å². The lowest BCUT2D eigenvalue weighted by Crippen LogP contribution is -2.17. The van der Waals surface area contributed by atoms with E-state index in [-0.39, 0.29) is 0 Å². The quantitative estimate of drug-likeness (QED) is 0.377. The van der Waals surface area contributed by atoms with Crippen molar-refractivity contribution in [2.45, 2.75) is 13.8 Å². The molecule has 0 aliphatic heterocycles. The van der Waals surface area contributed by atoms with Crippen molar-refractivity contribution in [3.63, 3.8) is 0 Å². The Kier molecular flexibility index (Phi) is 6.31. The van der Waals surface area contributed by atoms with Gasteiger partial charge in [0.25, 0.3) is 0 Å². The van der Waals surface area contributed by atoms with Crippen molar-refractivity contribution in [1.29, 1.82) is 0 Å². The Bertz CT molecular complexity index is 1280. The second-order valence-electron chi connectivity index (χ2n) is 7.40. The third-order valence-electron chi connectivity index (χ3n) is 5.14. The molecule has 0 atom stereocenters. The van der Waals surface area contributed by atoms with Gasteiger partial charge in [0.15, 0.2) is 11.5 Å². The number of methoxy groups -OCH3 is 2. The van der Waals surface area contributed by atoms with Crippen molar-refractivity contribution < 1.29 is 23.7 Å². The molecule has 7 nitrogen and oxygen atoms in total. The normalized spacial score (nSPS) is 10.5. The summed E-state index contributed by atoms with van der Waals surface area (Å²) in [4.78, 5) is 16.7. The minimum absolute atomic E-state index is 0.553. The molecule has 1 aromatic heterocycles. The van der Waals surface area contributed by atoms with E-state index in [4.69, 9.17) is 18.9 Å². The number of pyridine rings is 1. The Morgan fingerprint density at radius 1 is 0.848 bits per heavy atom. The average Bonchev–Trinajstić information content (AvgIpc) is 2.82. The van der Waals surface area contributed by atoms with Crippen LogP contribution >= 0.6 is 0 Å². The highest BCUT2D eigenvalue weighted by Gasteiger charge is 2.12. The number of hydrogen-bond acceptors (Lipinski definition) is 6. The monoisotopic (exact) mass is 444 g/mol. The van der Waals surface area contributed by atoms with Gasteiger partial charge in [-0.3, -0.25) is 10.3 Å². The number of benzene rings is 3. The molecule has 1 N–H and O–H groups in total. The van der Waals surface area contributed by atoms with Crippen LogP contribution in [0.5, 0.6) is 28.7 Å². The van der Waals surface area contributed by atoms with Crippen molar-refractivity contribution in [1.82, 2.24) is 4.98 Å². The molecule has 1 amide bonds. The molecular weight excluding hydrogens is 420 g/mol. The number of anilines is 1. The Labute approximate surface area is 191 Å². The third-order valence-corrected chi connectivity index (χ3v) is 5.14. The number of nitrogens with zero attached hydrogens (tertiary/aromatic N) is 1. The van der Waals surface area contributed by atoms with E-state index >= 15 is 0 Å². The van der Waals surface area contributed by atoms with Gasteiger partial charge in [-0.1, -0.05) is 18.2 Å². The molecule has 33 heavy (non-hydrogen) atoms. The largest absolute Gasteiger partial charge is 0.493 e. The number of aromatic nitrogens is 1. The molecule has 7 heteroatoms. The van der Waals surface area contributed by atoms with Crippen LogP contribution in [0.15, 0.2) is 66.9 Å². The average molecular weight is 444 g/mol. The molecule has 0 fully saturated rings. The fourth-order valence-corrected chi connectivity index (χ4v) is 3.47. The first kappa shape index (κ1) is 22.0. The maximum absolute atomic E-state index is 12.3. The third kappa shape index (κ3) is 4.82. The minimum Gasteiger partial charge on any atom is -0.493 e. The second kappa shape index (κ2) is 9.48. The van der Waals surface area contributed by atoms with Crippen molar-refractivity contribution in [3.05, 3.63) is 78.0 Å². The fraction of sp³-hybridized carbons (Fsp3) is 0.154. The SMILES string of the molecule is COc1cc2nccc(Oc3ccc(NC(=O)Oc4c(C)cccc4C)cc3)c2cc1OC. The number of ether oxygens (including phenoxy) is 4. The van der Waals surface area contributed by atoms with E-state index in [1.54, 1.807) is 56.8 Å². The lowest BCUT2D eigenvalue weighted by molar-refractivity contribution is 0.214. The maximum Gasteiger partial charge on any atom is 0.417 e. The molecule has 168 valence electrons. The van der Waals surface area contributed by atoms with Crippen LogP contribution in [0, 0.1) is 13.8 Å². The maximum atomic E-state index is 12.3. The summed E-state index contributed by atoms with van der Waals surface area (Å²) in [5.41, 5.74) is 3.10. The number of carbonyl (C=O) groups is 1. The van der Waals surface area contributed by atoms with Crippen LogP contribution in [0.1, 0.15) is 11.1 Å². The highest BCUT2D eigenvalue weighted by Crippen LogP contribution is 2.37. The second-order valence-corrected chi connectivity index (χ2v) is 7.40. The van der Waals surface area contributed by atoms with Gasteiger partial charge in [0.05, 0.1) is 19.7 Å². The van der Waals surface area contributed by atoms with Crippen molar-refractivity contribution in [2.24, 2.45) is 0 Å². The highest BCUT2D eigenvalue weighted by molar-refractivity contribution is 5.89. The van der Waals surface area contributed by atoms with Gasteiger partial charge in [0.1, 0.15) is 17.2 Å². The molecule has 0 saturated carbocycles. The first-order valence-electron chi connectivity index (χ1n) is 10.3. The molecule has 0 bridgehead atoms. The zero-order valence-electron chi connectivity index (χ0n) is 18.8. The van der Waals surface area contributed by atoms with Crippen LogP contribution in [-0.2, 0) is 0 Å². The van der Waals surface area contributed by atoms with Gasteiger partial charge in [-0.05, 0) is 61.4 Å². The van der Waals surface area contributed by atoms with E-state index in [0.717, 1.165) is 22.0 Å². The lowest BCUT2D eigenvalue weighted by Gasteiger charge is -2.13. The molecule has 0 radical (unpaired) electrons. The number of hydrogen-bond donors (Lipinski definition) is 1. The first-order chi connectivity index (χ1) is 16.0. The van der Waals surface area contributed by atoms with Gasteiger partial charge < -0.3 is 18.9 Å². The van der Waals surface area contributed by atoms with Gasteiger partial charge in [-0.25, -0.2) is 4.79 Å². The van der Waals surface area contributed by atoms with Crippen LogP contribution in [0.3, 0.4) is 0 Å². The van der Waals surface area contributed by atoms with Crippen LogP contribution in [-0.4, -0.2) is 25.3 Å². The smallest absolute Gasteiger partial charge is 0.417 e. The summed E-state index contributed by atoms with van der Waals surface area (Å²) in [5, 5.41) is 3.52. The molecule has 3 aromatic carbocycles. The highest BCUT2D eigenvalue weighted by atomic mass is 16.6. The van der Waals surface area contributed by atoms with Gasteiger partial charge in [0, 0.05) is 23.3 Å². The van der Waals surface area contributed by atoms with E-state index in [0.29, 0.717) is 34.4 Å². The molecule has 4 rings (SSSR count). The topological polar surface area (TPSA) is 78.9 Å². The van der Waals surface area contributed by atoms with Crippen molar-refractivity contribution in [2.75, 3.05) is 19.5 Å². The van der Waals surface area contributed by atoms with E-state index in [9.17, 15) is 4.79 Å². The van der Waals surface area contributed by atoms with Gasteiger partial charge in [0.2, 0.25) is 0 Å². The molecule has 0 unspecified atom stereocenters. The predicted octanol–water partition coefficient (Wildman–Crippen LogP) is 6.27. The number of carbonyl (C=O) groups excluding carboxylic acids is 1. The van der Waals surface area contributed by atoms with Crippen molar-refractivity contribution >= 4 is 22.7 Å². The number of amides is 1. The molecule has 0 aliphatic carbocycles. The van der Waals surface area contributed by atoms with Crippen molar-refractivity contribution in [3.8, 4) is 28.7 Å². The summed E-state index contributed by atoms with van der Waals surface area (Å²) in [7, 11) is 3.16. The number of rotatable bonds is 6. The Balaban J connectivity index is 1.49. The lowest BCUT2D eigenvalue weighted by atomic mass is 10.1. The number of nitrogens with one attached hydrogen (secondary N) is 1. The van der Waals surface area contributed by atoms with Crippen LogP contribution in [0.25, 0.3) is 10.9 Å². The van der Waals surface area contributed by atoms with E-state index < -0.39 is 6.09 Å². The van der Waals surface area contributed by atoms with Crippen LogP contribution in [0.4, 0.5) is 10.5 Å². The zero-order chi connectivity index (χ0) is 23.4. The van der Waals surface area contributed by atoms with E-state index in [1.807, 2.05) is 38.1 Å². The Morgan fingerprint density at radius 3 is 2.18 bits per heavy atom. The fourth-order valence-electron chi connectivity index (χ4n) is 3.47. The molecule has 1 heterocycles. The summed E-state index contributed by atoms with van der Waals surface area (Å²) >= 11 is 0. The minimum atomic E-state index is -0.553. The summed E-state index contributed by atoms with van der Waals surface area (Å²) in [6.07, 6.45) is 1.12. The standard InChI is InChI=1S/C26H24N2O5/c1-16-6-5-7-17(2)25(16)33-26(29)28-18-8-10-19(11-9-18)32-22-12-13-27-21-15-24(31-4)23(30-3)14-20(21)22/h5-15H,1-4H3,(H,28,29). The molecule has 0 saturated heterocycles. The predicted molar refractivity (Wildman–Crippen MR) is 127 cm³/mol. The Morgan fingerprint density at radius 2 is 1.52 bits per heavy atom. The summed E-state index contributed by atoms with van der Waals surface area (Å²) in [6, 6.07) is 18.2. The number of para-hydroxylation sites is 1. The summed E-state index contributed by atoms with van der Waals surface area (Å²) in [5.74, 6) is 2.97. The molecular formula is C26H24N2O5. The zero-order valence-corrected chi connectivity index (χ0v) is 18.8. The van der Waals surface area contributed by atoms with Crippen LogP contribution in [0.2, 0.25) is 0 Å². The molecule has 0 aliphatic rings. The van der Waals surface area contributed by atoms with Crippen LogP contribution < -0.4 is 24.3 Å². The van der Waals surface area contributed by atoms with Gasteiger partial charge in [-0.2, -0.15) is 0 Å². The first-order valence-corrected chi connectivity index (χ1v) is 10.3. The molecule has 4 aromatic rings. The van der Waals surface area contributed by atoms with E-state index in [1.165, 1.54) is 0 Å². The summed E-state index contributed by atoms with van der Waals surface area (Å²) in [6.45, 7) is 3.80. The Hall–Kier alpha value is -4.26. The molecule has 0 spiro atoms. The van der Waals surface area contributed by atoms with Gasteiger partial charge >= 0.3 is 6.09 Å². The number of aryl methyl sites for hydroxylation is 2. The number of fused-ring (bicyclic) bond motifs is 1. The van der Waals surface area contributed by atoms with Gasteiger partial charge in [-0.15, -0.1) is 0 Å².